The molecule has 0 bridgehead atoms. The van der Waals surface area contributed by atoms with Gasteiger partial charge in [-0.05, 0) is 12.1 Å². The van der Waals surface area contributed by atoms with Gasteiger partial charge in [-0.1, -0.05) is 17.7 Å². The Morgan fingerprint density at radius 1 is 1.44 bits per heavy atom. The Kier molecular flexibility index (Phi) is 2.88. The van der Waals surface area contributed by atoms with Gasteiger partial charge in [0, 0.05) is 7.05 Å². The Labute approximate surface area is 106 Å². The zero-order valence-electron chi connectivity index (χ0n) is 9.18. The summed E-state index contributed by atoms with van der Waals surface area (Å²) in [6, 6.07) is 4.70. The fraction of sp³-hybridized carbons (Fsp3) is 0.0909. The molecule has 1 aromatic carbocycles. The molecule has 2 N–H and O–H groups in total. The lowest BCUT2D eigenvalue weighted by molar-refractivity contribution is 0.142. The molecule has 0 saturated carbocycles. The van der Waals surface area contributed by atoms with Crippen LogP contribution in [0.2, 0.25) is 5.02 Å². The third-order valence-corrected chi connectivity index (χ3v) is 2.81. The average Bonchev–Trinajstić information content (AvgIpc) is 2.31. The van der Waals surface area contributed by atoms with Crippen molar-refractivity contribution in [3.8, 4) is 11.5 Å². The molecular formula is C11H8ClNO5. The van der Waals surface area contributed by atoms with Gasteiger partial charge in [-0.2, -0.15) is 0 Å². The van der Waals surface area contributed by atoms with E-state index in [9.17, 15) is 14.7 Å². The van der Waals surface area contributed by atoms with Gasteiger partial charge in [-0.15, -0.1) is 0 Å². The third-order valence-electron chi connectivity index (χ3n) is 2.49. The minimum Gasteiger partial charge on any atom is -0.504 e. The fourth-order valence-corrected chi connectivity index (χ4v) is 1.94. The molecule has 7 heteroatoms. The summed E-state index contributed by atoms with van der Waals surface area (Å²) in [7, 11) is 1.43. The van der Waals surface area contributed by atoms with Gasteiger partial charge in [0.1, 0.15) is 0 Å². The highest BCUT2D eigenvalue weighted by atomic mass is 35.5. The molecule has 0 atom stereocenters. The first-order chi connectivity index (χ1) is 8.43. The maximum Gasteiger partial charge on any atom is 0.511 e. The number of rotatable bonds is 1. The van der Waals surface area contributed by atoms with Gasteiger partial charge in [-0.3, -0.25) is 4.79 Å². The van der Waals surface area contributed by atoms with Crippen LogP contribution in [0.3, 0.4) is 0 Å². The van der Waals surface area contributed by atoms with E-state index in [0.717, 1.165) is 4.57 Å². The van der Waals surface area contributed by atoms with Crippen molar-refractivity contribution in [3.63, 3.8) is 0 Å². The Bertz CT molecular complexity index is 707. The summed E-state index contributed by atoms with van der Waals surface area (Å²) in [5.41, 5.74) is -0.382. The van der Waals surface area contributed by atoms with E-state index in [2.05, 4.69) is 4.74 Å². The van der Waals surface area contributed by atoms with Crippen LogP contribution in [0.25, 0.3) is 10.9 Å². The van der Waals surface area contributed by atoms with Gasteiger partial charge in [0.2, 0.25) is 5.75 Å². The highest BCUT2D eigenvalue weighted by Gasteiger charge is 2.20. The first-order valence-electron chi connectivity index (χ1n) is 4.84. The van der Waals surface area contributed by atoms with Crippen LogP contribution in [0.15, 0.2) is 23.0 Å². The van der Waals surface area contributed by atoms with Crippen LogP contribution in [0.5, 0.6) is 11.5 Å². The number of fused-ring (bicyclic) bond motifs is 1. The highest BCUT2D eigenvalue weighted by molar-refractivity contribution is 6.36. The van der Waals surface area contributed by atoms with Crippen molar-refractivity contribution in [2.45, 2.75) is 0 Å². The van der Waals surface area contributed by atoms with Crippen LogP contribution in [0.4, 0.5) is 4.79 Å². The Balaban J connectivity index is 2.94. The number of hydrogen-bond donors (Lipinski definition) is 2. The molecule has 94 valence electrons. The highest BCUT2D eigenvalue weighted by Crippen LogP contribution is 2.35. The first kappa shape index (κ1) is 12.3. The lowest BCUT2D eigenvalue weighted by atomic mass is 10.2. The number of nitrogens with zero attached hydrogens (tertiary/aromatic N) is 1. The van der Waals surface area contributed by atoms with Crippen molar-refractivity contribution in [2.24, 2.45) is 7.05 Å². The number of benzene rings is 1. The van der Waals surface area contributed by atoms with E-state index in [1.807, 2.05) is 0 Å². The van der Waals surface area contributed by atoms with Gasteiger partial charge in [0.15, 0.2) is 5.75 Å². The fourth-order valence-electron chi connectivity index (χ4n) is 1.68. The number of hydrogen-bond acceptors (Lipinski definition) is 4. The zero-order chi connectivity index (χ0) is 13.4. The summed E-state index contributed by atoms with van der Waals surface area (Å²) in [6.45, 7) is 0. The van der Waals surface area contributed by atoms with Gasteiger partial charge in [0.05, 0.1) is 15.9 Å². The lowest BCUT2D eigenvalue weighted by Gasteiger charge is -2.11. The summed E-state index contributed by atoms with van der Waals surface area (Å²) in [4.78, 5) is 22.3. The molecule has 2 aromatic rings. The Hall–Kier alpha value is -2.21. The topological polar surface area (TPSA) is 88.8 Å². The van der Waals surface area contributed by atoms with Gasteiger partial charge in [-0.25, -0.2) is 4.79 Å². The van der Waals surface area contributed by atoms with Crippen molar-refractivity contribution < 1.29 is 19.7 Å². The first-order valence-corrected chi connectivity index (χ1v) is 5.22. The van der Waals surface area contributed by atoms with E-state index in [1.165, 1.54) is 13.1 Å². The second-order valence-corrected chi connectivity index (χ2v) is 3.95. The van der Waals surface area contributed by atoms with E-state index in [0.29, 0.717) is 5.52 Å². The molecule has 2 rings (SSSR count). The second-order valence-electron chi connectivity index (χ2n) is 3.54. The summed E-state index contributed by atoms with van der Waals surface area (Å²) in [5.74, 6) is -1.24. The van der Waals surface area contributed by atoms with Gasteiger partial charge < -0.3 is 19.5 Å². The third kappa shape index (κ3) is 1.76. The molecule has 0 aliphatic heterocycles. The van der Waals surface area contributed by atoms with Gasteiger partial charge in [0.25, 0.3) is 5.56 Å². The molecule has 6 nitrogen and oxygen atoms in total. The van der Waals surface area contributed by atoms with Crippen LogP contribution in [0.1, 0.15) is 0 Å². The van der Waals surface area contributed by atoms with Crippen LogP contribution in [-0.4, -0.2) is 20.9 Å². The van der Waals surface area contributed by atoms with Crippen molar-refractivity contribution >= 4 is 28.7 Å². The summed E-state index contributed by atoms with van der Waals surface area (Å²) >= 11 is 5.92. The van der Waals surface area contributed by atoms with Crippen molar-refractivity contribution in [1.82, 2.24) is 4.57 Å². The number of pyridine rings is 1. The predicted octanol–water partition coefficient (Wildman–Crippen LogP) is 1.95. The molecule has 18 heavy (non-hydrogen) atoms. The largest absolute Gasteiger partial charge is 0.511 e. The van der Waals surface area contributed by atoms with Crippen molar-refractivity contribution in [1.29, 1.82) is 0 Å². The summed E-state index contributed by atoms with van der Waals surface area (Å²) < 4.78 is 5.45. The normalized spacial score (nSPS) is 10.6. The molecule has 0 aliphatic carbocycles. The monoisotopic (exact) mass is 269 g/mol. The van der Waals surface area contributed by atoms with E-state index < -0.39 is 23.2 Å². The smallest absolute Gasteiger partial charge is 0.504 e. The average molecular weight is 270 g/mol. The number of aromatic nitrogens is 1. The molecule has 0 fully saturated rings. The van der Waals surface area contributed by atoms with Crippen LogP contribution >= 0.6 is 11.6 Å². The van der Waals surface area contributed by atoms with Crippen molar-refractivity contribution in [3.05, 3.63) is 33.6 Å². The van der Waals surface area contributed by atoms with Crippen LogP contribution in [0, 0.1) is 0 Å². The van der Waals surface area contributed by atoms with Crippen LogP contribution < -0.4 is 10.3 Å². The SMILES string of the molecule is Cn1c(=O)c(OC(=O)O)c(O)c2c(Cl)cccc21. The molecular weight excluding hydrogens is 262 g/mol. The molecule has 0 aliphatic rings. The Morgan fingerprint density at radius 2 is 2.11 bits per heavy atom. The number of aryl methyl sites for hydroxylation is 1. The lowest BCUT2D eigenvalue weighted by Crippen LogP contribution is -2.21. The van der Waals surface area contributed by atoms with E-state index in [4.69, 9.17) is 16.7 Å². The molecule has 0 spiro atoms. The number of carbonyl (C=O) groups is 1. The molecule has 1 aromatic heterocycles. The van der Waals surface area contributed by atoms with Crippen LogP contribution in [-0.2, 0) is 7.05 Å². The minimum atomic E-state index is -1.69. The molecule has 1 heterocycles. The minimum absolute atomic E-state index is 0.164. The zero-order valence-corrected chi connectivity index (χ0v) is 9.93. The van der Waals surface area contributed by atoms with Gasteiger partial charge >= 0.3 is 6.16 Å². The second kappa shape index (κ2) is 4.23. The summed E-state index contributed by atoms with van der Waals surface area (Å²) in [5, 5.41) is 18.8. The molecule has 0 saturated heterocycles. The summed E-state index contributed by atoms with van der Waals surface area (Å²) in [6.07, 6.45) is -1.69. The number of halogens is 1. The molecule has 0 unspecified atom stereocenters. The Morgan fingerprint density at radius 3 is 2.72 bits per heavy atom. The molecule has 0 radical (unpaired) electrons. The van der Waals surface area contributed by atoms with E-state index in [-0.39, 0.29) is 10.4 Å². The van der Waals surface area contributed by atoms with E-state index in [1.54, 1.807) is 12.1 Å². The van der Waals surface area contributed by atoms with E-state index >= 15 is 0 Å². The maximum atomic E-state index is 11.8. The number of aromatic hydroxyl groups is 1. The predicted molar refractivity (Wildman–Crippen MR) is 64.5 cm³/mol. The molecule has 0 amide bonds. The number of carboxylic acid groups (broad SMARTS) is 1. The number of ether oxygens (including phenoxy) is 1. The van der Waals surface area contributed by atoms with Crippen molar-refractivity contribution in [2.75, 3.05) is 0 Å². The standard InChI is InChI=1S/C11H8ClNO5/c1-13-6-4-2-3-5(12)7(6)8(14)9(10(13)15)18-11(16)17/h2-4,14H,1H3,(H,16,17). The maximum absolute atomic E-state index is 11.8. The quantitative estimate of drug-likeness (QED) is 0.773.